The minimum Gasteiger partial charge on any atom is -0.512 e. The zero-order chi connectivity index (χ0) is 9.35. The Kier molecular flexibility index (Phi) is 2.14. The molecule has 0 fully saturated rings. The lowest BCUT2D eigenvalue weighted by atomic mass is 9.83. The van der Waals surface area contributed by atoms with Gasteiger partial charge in [0.1, 0.15) is 0 Å². The smallest absolute Gasteiger partial charge is 0.0966 e. The summed E-state index contributed by atoms with van der Waals surface area (Å²) in [5.74, 6) is 0.407. The molecule has 0 bridgehead atoms. The third kappa shape index (κ3) is 1.60. The van der Waals surface area contributed by atoms with Crippen molar-refractivity contribution in [2.24, 2.45) is 5.41 Å². The van der Waals surface area contributed by atoms with Crippen LogP contribution >= 0.6 is 0 Å². The normalized spacial score (nSPS) is 21.2. The molecular formula is C11H16O. The Labute approximate surface area is 74.1 Å². The lowest BCUT2D eigenvalue weighted by molar-refractivity contribution is 0.405. The van der Waals surface area contributed by atoms with Gasteiger partial charge in [-0.2, -0.15) is 0 Å². The van der Waals surface area contributed by atoms with Crippen molar-refractivity contribution in [1.29, 1.82) is 0 Å². The van der Waals surface area contributed by atoms with Crippen molar-refractivity contribution in [3.8, 4) is 0 Å². The Morgan fingerprint density at radius 1 is 1.33 bits per heavy atom. The Hall–Kier alpha value is -0.980. The van der Waals surface area contributed by atoms with Crippen LogP contribution in [0.5, 0.6) is 0 Å². The van der Waals surface area contributed by atoms with Crippen LogP contribution in [0.4, 0.5) is 0 Å². The summed E-state index contributed by atoms with van der Waals surface area (Å²) in [5.41, 5.74) is 2.30. The quantitative estimate of drug-likeness (QED) is 0.544. The average Bonchev–Trinajstić information content (AvgIpc) is 2.30. The summed E-state index contributed by atoms with van der Waals surface area (Å²) in [5, 5.41) is 9.37. The van der Waals surface area contributed by atoms with E-state index >= 15 is 0 Å². The van der Waals surface area contributed by atoms with Gasteiger partial charge in [-0.1, -0.05) is 39.0 Å². The average molecular weight is 164 g/mol. The topological polar surface area (TPSA) is 20.2 Å². The largest absolute Gasteiger partial charge is 0.512 e. The summed E-state index contributed by atoms with van der Waals surface area (Å²) in [7, 11) is 0. The molecule has 0 aromatic heterocycles. The molecule has 1 nitrogen and oxygen atoms in total. The highest BCUT2D eigenvalue weighted by atomic mass is 16.3. The summed E-state index contributed by atoms with van der Waals surface area (Å²) in [4.78, 5) is 0. The van der Waals surface area contributed by atoms with Crippen molar-refractivity contribution in [2.45, 2.75) is 27.7 Å². The molecule has 0 atom stereocenters. The summed E-state index contributed by atoms with van der Waals surface area (Å²) in [6, 6.07) is 0. The van der Waals surface area contributed by atoms with Crippen molar-refractivity contribution < 1.29 is 5.11 Å². The van der Waals surface area contributed by atoms with E-state index in [1.54, 1.807) is 6.92 Å². The minimum absolute atomic E-state index is 0.114. The zero-order valence-corrected chi connectivity index (χ0v) is 8.18. The fourth-order valence-electron chi connectivity index (χ4n) is 1.39. The van der Waals surface area contributed by atoms with Gasteiger partial charge in [-0.05, 0) is 17.9 Å². The van der Waals surface area contributed by atoms with Gasteiger partial charge in [-0.3, -0.25) is 0 Å². The zero-order valence-electron chi connectivity index (χ0n) is 8.18. The standard InChI is InChI=1S/C11H16O/c1-8(12)9-6-5-7-10(9)11(2,3)4/h5-7,12H,1-4H3. The van der Waals surface area contributed by atoms with E-state index in [4.69, 9.17) is 0 Å². The highest BCUT2D eigenvalue weighted by molar-refractivity contribution is 5.51. The van der Waals surface area contributed by atoms with E-state index in [2.05, 4.69) is 26.8 Å². The van der Waals surface area contributed by atoms with Crippen LogP contribution in [0.25, 0.3) is 0 Å². The molecular weight excluding hydrogens is 148 g/mol. The highest BCUT2D eigenvalue weighted by Crippen LogP contribution is 2.35. The van der Waals surface area contributed by atoms with Gasteiger partial charge in [-0.15, -0.1) is 0 Å². The first-order valence-corrected chi connectivity index (χ1v) is 4.22. The molecule has 66 valence electrons. The Morgan fingerprint density at radius 2 is 1.92 bits per heavy atom. The molecule has 1 N–H and O–H groups in total. The van der Waals surface area contributed by atoms with E-state index in [1.165, 1.54) is 5.57 Å². The summed E-state index contributed by atoms with van der Waals surface area (Å²) < 4.78 is 0. The van der Waals surface area contributed by atoms with Crippen LogP contribution in [-0.4, -0.2) is 5.11 Å². The molecule has 1 aliphatic carbocycles. The van der Waals surface area contributed by atoms with Crippen molar-refractivity contribution in [2.75, 3.05) is 0 Å². The monoisotopic (exact) mass is 164 g/mol. The molecule has 0 unspecified atom stereocenters. The lowest BCUT2D eigenvalue weighted by Gasteiger charge is -2.22. The maximum atomic E-state index is 9.37. The molecule has 0 saturated heterocycles. The van der Waals surface area contributed by atoms with Gasteiger partial charge in [0.15, 0.2) is 0 Å². The minimum atomic E-state index is 0.114. The molecule has 0 amide bonds. The van der Waals surface area contributed by atoms with E-state index in [-0.39, 0.29) is 5.41 Å². The lowest BCUT2D eigenvalue weighted by Crippen LogP contribution is -2.10. The fourth-order valence-corrected chi connectivity index (χ4v) is 1.39. The van der Waals surface area contributed by atoms with Crippen LogP contribution in [0.1, 0.15) is 27.7 Å². The number of hydrogen-bond acceptors (Lipinski definition) is 1. The number of allylic oxidation sites excluding steroid dienone is 6. The molecule has 12 heavy (non-hydrogen) atoms. The molecule has 0 heterocycles. The maximum absolute atomic E-state index is 9.37. The number of rotatable bonds is 0. The molecule has 0 spiro atoms. The SMILES string of the molecule is CC(O)=C1C=CC=C1C(C)(C)C. The van der Waals surface area contributed by atoms with Crippen LogP contribution in [0.15, 0.2) is 35.1 Å². The fraction of sp³-hybridized carbons (Fsp3) is 0.455. The molecule has 0 aliphatic heterocycles. The highest BCUT2D eigenvalue weighted by Gasteiger charge is 2.22. The van der Waals surface area contributed by atoms with Crippen molar-refractivity contribution in [3.63, 3.8) is 0 Å². The van der Waals surface area contributed by atoms with Crippen LogP contribution in [0.3, 0.4) is 0 Å². The second-order valence-electron chi connectivity index (χ2n) is 4.19. The number of aliphatic hydroxyl groups excluding tert-OH is 1. The summed E-state index contributed by atoms with van der Waals surface area (Å²) in [6.07, 6.45) is 6.00. The van der Waals surface area contributed by atoms with Crippen LogP contribution in [0.2, 0.25) is 0 Å². The summed E-state index contributed by atoms with van der Waals surface area (Å²) in [6.45, 7) is 8.17. The Bertz CT molecular complexity index is 268. The van der Waals surface area contributed by atoms with E-state index in [9.17, 15) is 5.11 Å². The number of aliphatic hydroxyl groups is 1. The number of hydrogen-bond donors (Lipinski definition) is 1. The first-order chi connectivity index (χ1) is 5.43. The molecule has 0 radical (unpaired) electrons. The molecule has 1 rings (SSSR count). The van der Waals surface area contributed by atoms with E-state index in [0.29, 0.717) is 5.76 Å². The predicted molar refractivity (Wildman–Crippen MR) is 52.0 cm³/mol. The molecule has 0 aromatic carbocycles. The molecule has 0 saturated carbocycles. The van der Waals surface area contributed by atoms with E-state index < -0.39 is 0 Å². The first kappa shape index (κ1) is 9.11. The van der Waals surface area contributed by atoms with Gasteiger partial charge in [0.05, 0.1) is 5.76 Å². The van der Waals surface area contributed by atoms with Gasteiger partial charge in [0.25, 0.3) is 0 Å². The van der Waals surface area contributed by atoms with Gasteiger partial charge < -0.3 is 5.11 Å². The van der Waals surface area contributed by atoms with Crippen molar-refractivity contribution in [3.05, 3.63) is 35.1 Å². The van der Waals surface area contributed by atoms with Gasteiger partial charge in [-0.25, -0.2) is 0 Å². The second kappa shape index (κ2) is 2.81. The summed E-state index contributed by atoms with van der Waals surface area (Å²) >= 11 is 0. The third-order valence-corrected chi connectivity index (χ3v) is 2.01. The van der Waals surface area contributed by atoms with Gasteiger partial charge in [0.2, 0.25) is 0 Å². The van der Waals surface area contributed by atoms with Crippen molar-refractivity contribution >= 4 is 0 Å². The Morgan fingerprint density at radius 3 is 2.25 bits per heavy atom. The van der Waals surface area contributed by atoms with Crippen LogP contribution < -0.4 is 0 Å². The molecule has 0 aromatic rings. The molecule has 1 aliphatic rings. The van der Waals surface area contributed by atoms with Gasteiger partial charge >= 0.3 is 0 Å². The van der Waals surface area contributed by atoms with Gasteiger partial charge in [0, 0.05) is 5.57 Å². The third-order valence-electron chi connectivity index (χ3n) is 2.01. The second-order valence-corrected chi connectivity index (χ2v) is 4.19. The van der Waals surface area contributed by atoms with E-state index in [1.807, 2.05) is 12.2 Å². The van der Waals surface area contributed by atoms with Crippen molar-refractivity contribution in [1.82, 2.24) is 0 Å². The first-order valence-electron chi connectivity index (χ1n) is 4.22. The van der Waals surface area contributed by atoms with Crippen LogP contribution in [-0.2, 0) is 0 Å². The molecule has 1 heteroatoms. The van der Waals surface area contributed by atoms with E-state index in [0.717, 1.165) is 5.57 Å². The predicted octanol–water partition coefficient (Wildman–Crippen LogP) is 3.36. The maximum Gasteiger partial charge on any atom is 0.0966 e. The Balaban J connectivity index is 3.06. The van der Waals surface area contributed by atoms with Crippen LogP contribution in [0, 0.1) is 5.41 Å².